The summed E-state index contributed by atoms with van der Waals surface area (Å²) in [7, 11) is 0. The van der Waals surface area contributed by atoms with E-state index in [9.17, 15) is 14.7 Å². The molecule has 1 atom stereocenters. The van der Waals surface area contributed by atoms with Crippen molar-refractivity contribution in [3.05, 3.63) is 99.3 Å². The molecule has 3 aromatic rings. The van der Waals surface area contributed by atoms with E-state index in [0.29, 0.717) is 22.0 Å². The fraction of sp³-hybridized carbons (Fsp3) is 0.0455. The summed E-state index contributed by atoms with van der Waals surface area (Å²) < 4.78 is 0.831. The van der Waals surface area contributed by atoms with Gasteiger partial charge in [-0.3, -0.25) is 19.5 Å². The Morgan fingerprint density at radius 2 is 1.69 bits per heavy atom. The van der Waals surface area contributed by atoms with Gasteiger partial charge in [0, 0.05) is 26.9 Å². The lowest BCUT2D eigenvalue weighted by Gasteiger charge is -2.24. The number of Topliss-reactive ketones (excluding diaryl/α,β-unsaturated/α-hetero) is 1. The Morgan fingerprint density at radius 1 is 1.00 bits per heavy atom. The topological polar surface area (TPSA) is 70.5 Å². The molecule has 0 bridgehead atoms. The maximum absolute atomic E-state index is 12.9. The first kappa shape index (κ1) is 19.4. The molecule has 1 saturated heterocycles. The Morgan fingerprint density at radius 3 is 2.31 bits per heavy atom. The highest BCUT2D eigenvalue weighted by Crippen LogP contribution is 2.41. The second kappa shape index (κ2) is 7.81. The summed E-state index contributed by atoms with van der Waals surface area (Å²) in [5.41, 5.74) is 1.39. The number of ketones is 1. The minimum Gasteiger partial charge on any atom is -0.507 e. The highest BCUT2D eigenvalue weighted by molar-refractivity contribution is 9.10. The van der Waals surface area contributed by atoms with Gasteiger partial charge in [-0.25, -0.2) is 0 Å². The van der Waals surface area contributed by atoms with Crippen LogP contribution in [0.3, 0.4) is 0 Å². The summed E-state index contributed by atoms with van der Waals surface area (Å²) in [6.07, 6.45) is 1.58. The fourth-order valence-corrected chi connectivity index (χ4v) is 3.67. The molecule has 1 aromatic heterocycles. The molecule has 1 aliphatic rings. The molecule has 1 N–H and O–H groups in total. The number of hydrogen-bond donors (Lipinski definition) is 1. The monoisotopic (exact) mass is 468 g/mol. The van der Waals surface area contributed by atoms with Crippen molar-refractivity contribution in [2.24, 2.45) is 0 Å². The Balaban J connectivity index is 1.93. The van der Waals surface area contributed by atoms with Crippen molar-refractivity contribution >= 4 is 50.7 Å². The van der Waals surface area contributed by atoms with Gasteiger partial charge in [0.1, 0.15) is 11.8 Å². The maximum Gasteiger partial charge on any atom is 0.300 e. The third-order valence-electron chi connectivity index (χ3n) is 4.63. The van der Waals surface area contributed by atoms with Crippen LogP contribution in [0.4, 0.5) is 5.69 Å². The predicted octanol–water partition coefficient (Wildman–Crippen LogP) is 5.12. The SMILES string of the molecule is O=C1C(=O)N(c2ccc(Cl)cc2)C(c2ccccn2)/C1=C(/O)c1ccc(Br)cc1. The molecule has 7 heteroatoms. The van der Waals surface area contributed by atoms with E-state index in [1.54, 1.807) is 72.9 Å². The van der Waals surface area contributed by atoms with Crippen LogP contribution < -0.4 is 4.90 Å². The minimum atomic E-state index is -0.860. The normalized spacial score (nSPS) is 18.3. The molecular formula is C22H14BrClN2O3. The largest absolute Gasteiger partial charge is 0.507 e. The van der Waals surface area contributed by atoms with E-state index in [0.717, 1.165) is 4.47 Å². The number of anilines is 1. The molecule has 29 heavy (non-hydrogen) atoms. The molecule has 1 amide bonds. The third kappa shape index (κ3) is 3.57. The molecular weight excluding hydrogens is 456 g/mol. The van der Waals surface area contributed by atoms with Crippen LogP contribution in [0.15, 0.2) is 83.0 Å². The summed E-state index contributed by atoms with van der Waals surface area (Å²) in [5.74, 6) is -1.75. The number of aromatic nitrogens is 1. The van der Waals surface area contributed by atoms with Gasteiger partial charge in [-0.2, -0.15) is 0 Å². The van der Waals surface area contributed by atoms with E-state index in [-0.39, 0.29) is 11.3 Å². The zero-order valence-corrected chi connectivity index (χ0v) is 17.3. The van der Waals surface area contributed by atoms with Crippen LogP contribution in [0, 0.1) is 0 Å². The van der Waals surface area contributed by atoms with Gasteiger partial charge in [0.25, 0.3) is 11.7 Å². The molecule has 1 aliphatic heterocycles. The number of nitrogens with zero attached hydrogens (tertiary/aromatic N) is 2. The summed E-state index contributed by atoms with van der Waals surface area (Å²) in [6.45, 7) is 0. The van der Waals surface area contributed by atoms with Crippen LogP contribution in [-0.2, 0) is 9.59 Å². The van der Waals surface area contributed by atoms with Gasteiger partial charge in [0.2, 0.25) is 0 Å². The van der Waals surface area contributed by atoms with Crippen LogP contribution in [0.1, 0.15) is 17.3 Å². The zero-order valence-electron chi connectivity index (χ0n) is 14.9. The van der Waals surface area contributed by atoms with Gasteiger partial charge in [-0.15, -0.1) is 0 Å². The minimum absolute atomic E-state index is 0.00836. The number of aliphatic hydroxyl groups is 1. The van der Waals surface area contributed by atoms with Crippen molar-refractivity contribution in [3.63, 3.8) is 0 Å². The molecule has 1 unspecified atom stereocenters. The number of rotatable bonds is 3. The van der Waals surface area contributed by atoms with E-state index in [4.69, 9.17) is 11.6 Å². The highest BCUT2D eigenvalue weighted by atomic mass is 79.9. The number of hydrogen-bond acceptors (Lipinski definition) is 4. The Hall–Kier alpha value is -2.96. The molecule has 1 fully saturated rings. The molecule has 0 aliphatic carbocycles. The van der Waals surface area contributed by atoms with Crippen molar-refractivity contribution in [1.29, 1.82) is 0 Å². The quantitative estimate of drug-likeness (QED) is 0.328. The Bertz CT molecular complexity index is 1110. The summed E-state index contributed by atoms with van der Waals surface area (Å²) in [4.78, 5) is 31.6. The summed E-state index contributed by atoms with van der Waals surface area (Å²) in [6, 6.07) is 17.8. The lowest BCUT2D eigenvalue weighted by atomic mass is 9.98. The van der Waals surface area contributed by atoms with Gasteiger partial charge in [-0.1, -0.05) is 45.7 Å². The van der Waals surface area contributed by atoms with Gasteiger partial charge in [0.05, 0.1) is 11.3 Å². The lowest BCUT2D eigenvalue weighted by molar-refractivity contribution is -0.132. The first-order valence-electron chi connectivity index (χ1n) is 8.71. The number of benzene rings is 2. The molecule has 4 rings (SSSR count). The average molecular weight is 470 g/mol. The molecule has 2 aromatic carbocycles. The Kier molecular flexibility index (Phi) is 5.22. The van der Waals surface area contributed by atoms with Crippen molar-refractivity contribution < 1.29 is 14.7 Å². The van der Waals surface area contributed by atoms with Gasteiger partial charge in [0.15, 0.2) is 0 Å². The van der Waals surface area contributed by atoms with Crippen LogP contribution >= 0.6 is 27.5 Å². The number of amides is 1. The maximum atomic E-state index is 12.9. The molecule has 0 spiro atoms. The average Bonchev–Trinajstić information content (AvgIpc) is 3.00. The van der Waals surface area contributed by atoms with Crippen molar-refractivity contribution in [2.75, 3.05) is 4.90 Å². The van der Waals surface area contributed by atoms with Crippen molar-refractivity contribution in [1.82, 2.24) is 4.98 Å². The van der Waals surface area contributed by atoms with E-state index < -0.39 is 17.7 Å². The lowest BCUT2D eigenvalue weighted by Crippen LogP contribution is -2.29. The second-order valence-corrected chi connectivity index (χ2v) is 7.76. The molecule has 2 heterocycles. The van der Waals surface area contributed by atoms with Crippen LogP contribution in [0.25, 0.3) is 5.76 Å². The number of carbonyl (C=O) groups is 2. The number of pyridine rings is 1. The van der Waals surface area contributed by atoms with Crippen molar-refractivity contribution in [3.8, 4) is 0 Å². The van der Waals surface area contributed by atoms with Gasteiger partial charge < -0.3 is 5.11 Å². The Labute approximate surface area is 180 Å². The first-order valence-corrected chi connectivity index (χ1v) is 9.88. The first-order chi connectivity index (χ1) is 14.0. The van der Waals surface area contributed by atoms with E-state index >= 15 is 0 Å². The van der Waals surface area contributed by atoms with Crippen LogP contribution in [-0.4, -0.2) is 21.8 Å². The highest BCUT2D eigenvalue weighted by Gasteiger charge is 2.47. The number of carbonyl (C=O) groups excluding carboxylic acids is 2. The standard InChI is InChI=1S/C22H14BrClN2O3/c23-14-6-4-13(5-7-14)20(27)18-19(17-3-1-2-12-25-17)26(22(29)21(18)28)16-10-8-15(24)9-11-16/h1-12,19,27H/b20-18-. The zero-order chi connectivity index (χ0) is 20.5. The summed E-state index contributed by atoms with van der Waals surface area (Å²) in [5, 5.41) is 11.5. The van der Waals surface area contributed by atoms with Crippen LogP contribution in [0.2, 0.25) is 5.02 Å². The number of halogens is 2. The molecule has 5 nitrogen and oxygen atoms in total. The van der Waals surface area contributed by atoms with Gasteiger partial charge >= 0.3 is 0 Å². The smallest absolute Gasteiger partial charge is 0.300 e. The summed E-state index contributed by atoms with van der Waals surface area (Å²) >= 11 is 9.32. The van der Waals surface area contributed by atoms with Crippen LogP contribution in [0.5, 0.6) is 0 Å². The van der Waals surface area contributed by atoms with E-state index in [1.807, 2.05) is 0 Å². The molecule has 144 valence electrons. The van der Waals surface area contributed by atoms with E-state index in [2.05, 4.69) is 20.9 Å². The van der Waals surface area contributed by atoms with E-state index in [1.165, 1.54) is 4.90 Å². The molecule has 0 radical (unpaired) electrons. The predicted molar refractivity (Wildman–Crippen MR) is 115 cm³/mol. The van der Waals surface area contributed by atoms with Gasteiger partial charge in [-0.05, 0) is 48.5 Å². The molecule has 0 saturated carbocycles. The fourth-order valence-electron chi connectivity index (χ4n) is 3.28. The third-order valence-corrected chi connectivity index (χ3v) is 5.42. The van der Waals surface area contributed by atoms with Crippen molar-refractivity contribution in [2.45, 2.75) is 6.04 Å². The number of aliphatic hydroxyl groups excluding tert-OH is 1. The second-order valence-electron chi connectivity index (χ2n) is 6.41.